The number of hydrogen-bond donors (Lipinski definition) is 0. The molecule has 0 radical (unpaired) electrons. The van der Waals surface area contributed by atoms with Crippen LogP contribution in [0.2, 0.25) is 0 Å². The quantitative estimate of drug-likeness (QED) is 0.789. The third-order valence-corrected chi connectivity index (χ3v) is 4.23. The maximum Gasteiger partial charge on any atom is 0.323 e. The van der Waals surface area contributed by atoms with Crippen molar-refractivity contribution < 1.29 is 14.3 Å². The highest BCUT2D eigenvalue weighted by atomic mass is 16.5. The molecule has 4 heteroatoms. The Morgan fingerprint density at radius 2 is 1.90 bits per heavy atom. The highest BCUT2D eigenvalue weighted by Gasteiger charge is 2.34. The fourth-order valence-electron chi connectivity index (χ4n) is 2.98. The molecule has 0 saturated carbocycles. The first-order chi connectivity index (χ1) is 9.83. The maximum absolute atomic E-state index is 11.6. The van der Waals surface area contributed by atoms with Crippen LogP contribution in [0.15, 0.2) is 30.3 Å². The number of ether oxygens (including phenoxy) is 2. The van der Waals surface area contributed by atoms with Crippen LogP contribution in [-0.2, 0) is 9.53 Å². The number of hydrogen-bond acceptors (Lipinski definition) is 4. The minimum Gasteiger partial charge on any atom is -0.493 e. The topological polar surface area (TPSA) is 38.8 Å². The first kappa shape index (κ1) is 13.4. The van der Waals surface area contributed by atoms with Crippen LogP contribution >= 0.6 is 0 Å². The highest BCUT2D eigenvalue weighted by Crippen LogP contribution is 2.23. The van der Waals surface area contributed by atoms with Crippen LogP contribution in [0.1, 0.15) is 19.3 Å². The van der Waals surface area contributed by atoms with E-state index in [-0.39, 0.29) is 12.0 Å². The lowest BCUT2D eigenvalue weighted by molar-refractivity contribution is -0.142. The molecule has 0 spiro atoms. The molecule has 3 rings (SSSR count). The van der Waals surface area contributed by atoms with E-state index in [0.29, 0.717) is 12.5 Å². The molecule has 0 aliphatic carbocycles. The Balaban J connectivity index is 1.43. The summed E-state index contributed by atoms with van der Waals surface area (Å²) < 4.78 is 10.9. The summed E-state index contributed by atoms with van der Waals surface area (Å²) in [5.41, 5.74) is 0. The van der Waals surface area contributed by atoms with Gasteiger partial charge in [0.05, 0.1) is 13.2 Å². The molecule has 0 unspecified atom stereocenters. The second kappa shape index (κ2) is 6.27. The molecule has 2 aliphatic rings. The number of rotatable bonds is 4. The first-order valence-electron chi connectivity index (χ1n) is 7.41. The number of carbonyl (C=O) groups excluding carboxylic acids is 1. The van der Waals surface area contributed by atoms with E-state index < -0.39 is 0 Å². The number of benzene rings is 1. The largest absolute Gasteiger partial charge is 0.493 e. The third kappa shape index (κ3) is 3.12. The molecule has 108 valence electrons. The van der Waals surface area contributed by atoms with Gasteiger partial charge in [-0.15, -0.1) is 0 Å². The lowest BCUT2D eigenvalue weighted by atomic mass is 9.96. The van der Waals surface area contributed by atoms with E-state index in [2.05, 4.69) is 4.90 Å². The van der Waals surface area contributed by atoms with Crippen molar-refractivity contribution in [1.82, 2.24) is 4.90 Å². The fraction of sp³-hybridized carbons (Fsp3) is 0.562. The minimum atomic E-state index is -0.0380. The second-order valence-corrected chi connectivity index (χ2v) is 5.58. The van der Waals surface area contributed by atoms with E-state index in [0.717, 1.165) is 44.7 Å². The zero-order valence-corrected chi connectivity index (χ0v) is 11.7. The summed E-state index contributed by atoms with van der Waals surface area (Å²) in [6.07, 6.45) is 3.04. The predicted octanol–water partition coefficient (Wildman–Crippen LogP) is 2.09. The van der Waals surface area contributed by atoms with Crippen molar-refractivity contribution in [1.29, 1.82) is 0 Å². The summed E-state index contributed by atoms with van der Waals surface area (Å²) in [6.45, 7) is 3.30. The van der Waals surface area contributed by atoms with E-state index in [4.69, 9.17) is 9.47 Å². The van der Waals surface area contributed by atoms with E-state index in [1.807, 2.05) is 30.3 Å². The average molecular weight is 275 g/mol. The number of esters is 1. The first-order valence-corrected chi connectivity index (χ1v) is 7.41. The Kier molecular flexibility index (Phi) is 4.21. The van der Waals surface area contributed by atoms with Gasteiger partial charge in [-0.3, -0.25) is 9.69 Å². The molecule has 20 heavy (non-hydrogen) atoms. The molecular weight excluding hydrogens is 254 g/mol. The SMILES string of the molecule is O=C1OCC[C@H]1N1CCC(COc2ccccc2)CC1. The van der Waals surface area contributed by atoms with Crippen LogP contribution in [0.3, 0.4) is 0 Å². The highest BCUT2D eigenvalue weighted by molar-refractivity contribution is 5.77. The number of nitrogens with zero attached hydrogens (tertiary/aromatic N) is 1. The van der Waals surface area contributed by atoms with Gasteiger partial charge in [0, 0.05) is 6.42 Å². The van der Waals surface area contributed by atoms with Crippen molar-refractivity contribution in [3.63, 3.8) is 0 Å². The molecule has 2 heterocycles. The molecule has 2 fully saturated rings. The van der Waals surface area contributed by atoms with Crippen LogP contribution < -0.4 is 4.74 Å². The maximum atomic E-state index is 11.6. The molecule has 1 aromatic rings. The molecular formula is C16H21NO3. The summed E-state index contributed by atoms with van der Waals surface area (Å²) in [5.74, 6) is 1.49. The van der Waals surface area contributed by atoms with Crippen molar-refractivity contribution >= 4 is 5.97 Å². The molecule has 2 aliphatic heterocycles. The molecule has 0 bridgehead atoms. The molecule has 0 N–H and O–H groups in total. The summed E-state index contributed by atoms with van der Waals surface area (Å²) in [5, 5.41) is 0. The average Bonchev–Trinajstić information content (AvgIpc) is 2.93. The predicted molar refractivity (Wildman–Crippen MR) is 75.6 cm³/mol. The number of piperidine rings is 1. The Bertz CT molecular complexity index is 440. The number of para-hydroxylation sites is 1. The van der Waals surface area contributed by atoms with Crippen LogP contribution in [-0.4, -0.2) is 43.2 Å². The van der Waals surface area contributed by atoms with Crippen LogP contribution in [0.25, 0.3) is 0 Å². The zero-order valence-electron chi connectivity index (χ0n) is 11.7. The minimum absolute atomic E-state index is 0.00555. The van der Waals surface area contributed by atoms with Gasteiger partial charge in [0.15, 0.2) is 0 Å². The summed E-state index contributed by atoms with van der Waals surface area (Å²) in [6, 6.07) is 9.96. The number of cyclic esters (lactones) is 1. The van der Waals surface area contributed by atoms with Crippen LogP contribution in [0.5, 0.6) is 5.75 Å². The zero-order chi connectivity index (χ0) is 13.8. The summed E-state index contributed by atoms with van der Waals surface area (Å²) in [7, 11) is 0. The smallest absolute Gasteiger partial charge is 0.323 e. The van der Waals surface area contributed by atoms with Crippen molar-refractivity contribution in [3.05, 3.63) is 30.3 Å². The van der Waals surface area contributed by atoms with E-state index in [1.54, 1.807) is 0 Å². The molecule has 1 aromatic carbocycles. The van der Waals surface area contributed by atoms with Gasteiger partial charge in [-0.2, -0.15) is 0 Å². The third-order valence-electron chi connectivity index (χ3n) is 4.23. The standard InChI is InChI=1S/C16H21NO3/c18-16-15(8-11-19-16)17-9-6-13(7-10-17)12-20-14-4-2-1-3-5-14/h1-5,13,15H,6-12H2/t15-/m1/s1. The molecule has 1 atom stereocenters. The fourth-order valence-corrected chi connectivity index (χ4v) is 2.98. The number of likely N-dealkylation sites (tertiary alicyclic amines) is 1. The number of carbonyl (C=O) groups is 1. The van der Waals surface area contributed by atoms with E-state index >= 15 is 0 Å². The van der Waals surface area contributed by atoms with Crippen molar-refractivity contribution in [2.75, 3.05) is 26.3 Å². The Hall–Kier alpha value is -1.55. The van der Waals surface area contributed by atoms with Gasteiger partial charge < -0.3 is 9.47 Å². The molecule has 0 amide bonds. The van der Waals surface area contributed by atoms with Gasteiger partial charge in [-0.05, 0) is 44.0 Å². The van der Waals surface area contributed by atoms with Gasteiger partial charge in [0.2, 0.25) is 0 Å². The van der Waals surface area contributed by atoms with Gasteiger partial charge in [0.1, 0.15) is 11.8 Å². The molecule has 4 nitrogen and oxygen atoms in total. The Morgan fingerprint density at radius 3 is 2.55 bits per heavy atom. The van der Waals surface area contributed by atoms with Gasteiger partial charge in [-0.1, -0.05) is 18.2 Å². The second-order valence-electron chi connectivity index (χ2n) is 5.58. The Labute approximate surface area is 119 Å². The lowest BCUT2D eigenvalue weighted by Gasteiger charge is -2.34. The summed E-state index contributed by atoms with van der Waals surface area (Å²) in [4.78, 5) is 13.8. The van der Waals surface area contributed by atoms with E-state index in [1.165, 1.54) is 0 Å². The monoisotopic (exact) mass is 275 g/mol. The van der Waals surface area contributed by atoms with Crippen molar-refractivity contribution in [2.24, 2.45) is 5.92 Å². The van der Waals surface area contributed by atoms with Crippen LogP contribution in [0, 0.1) is 5.92 Å². The van der Waals surface area contributed by atoms with Crippen molar-refractivity contribution in [3.8, 4) is 5.75 Å². The normalized spacial score (nSPS) is 24.6. The molecule has 2 saturated heterocycles. The van der Waals surface area contributed by atoms with Gasteiger partial charge in [0.25, 0.3) is 0 Å². The Morgan fingerprint density at radius 1 is 1.15 bits per heavy atom. The van der Waals surface area contributed by atoms with Crippen LogP contribution in [0.4, 0.5) is 0 Å². The van der Waals surface area contributed by atoms with Gasteiger partial charge >= 0.3 is 5.97 Å². The lowest BCUT2D eigenvalue weighted by Crippen LogP contribution is -2.44. The van der Waals surface area contributed by atoms with Crippen molar-refractivity contribution in [2.45, 2.75) is 25.3 Å². The molecule has 0 aromatic heterocycles. The summed E-state index contributed by atoms with van der Waals surface area (Å²) >= 11 is 0. The van der Waals surface area contributed by atoms with Gasteiger partial charge in [-0.25, -0.2) is 0 Å². The van der Waals surface area contributed by atoms with E-state index in [9.17, 15) is 4.79 Å².